The summed E-state index contributed by atoms with van der Waals surface area (Å²) in [5.41, 5.74) is 3.29. The molecule has 0 saturated heterocycles. The first-order valence-electron chi connectivity index (χ1n) is 9.83. The number of thiocarbonyl (C=S) groups is 1. The molecule has 2 aliphatic heterocycles. The minimum absolute atomic E-state index is 0.195. The van der Waals surface area contributed by atoms with Gasteiger partial charge < -0.3 is 24.2 Å². The molecule has 1 aromatic heterocycles. The Kier molecular flexibility index (Phi) is 4.82. The van der Waals surface area contributed by atoms with Crippen LogP contribution in [0.5, 0.6) is 11.5 Å². The van der Waals surface area contributed by atoms with Crippen molar-refractivity contribution >= 4 is 22.9 Å². The van der Waals surface area contributed by atoms with Crippen molar-refractivity contribution in [2.75, 3.05) is 13.3 Å². The molecule has 0 saturated carbocycles. The summed E-state index contributed by atoms with van der Waals surface area (Å²) < 4.78 is 30.0. The maximum absolute atomic E-state index is 13.5. The van der Waals surface area contributed by atoms with Gasteiger partial charge in [0.05, 0.1) is 11.6 Å². The highest BCUT2D eigenvalue weighted by Gasteiger charge is 2.33. The number of nitrogens with zero attached hydrogens (tertiary/aromatic N) is 3. The number of aromatic nitrogens is 2. The van der Waals surface area contributed by atoms with E-state index >= 15 is 0 Å². The standard InChI is InChI=1S/C22H19FN4O3S/c1-3-27-12(2)18(19(24-22(27)31)13-4-7-15(23)8-5-13)21-25-20(26-30-21)14-6-9-16-17(10-14)29-11-28-16/h4-10,19H,3,11H2,1-2H3,(H,24,31). The van der Waals surface area contributed by atoms with Crippen molar-refractivity contribution in [3.8, 4) is 22.9 Å². The first kappa shape index (κ1) is 19.5. The van der Waals surface area contributed by atoms with E-state index in [9.17, 15) is 4.39 Å². The van der Waals surface area contributed by atoms with Gasteiger partial charge >= 0.3 is 0 Å². The van der Waals surface area contributed by atoms with Crippen molar-refractivity contribution in [1.29, 1.82) is 0 Å². The Morgan fingerprint density at radius 2 is 1.94 bits per heavy atom. The lowest BCUT2D eigenvalue weighted by molar-refractivity contribution is 0.174. The molecule has 0 fully saturated rings. The molecule has 3 aromatic rings. The minimum atomic E-state index is -0.346. The van der Waals surface area contributed by atoms with Crippen molar-refractivity contribution in [1.82, 2.24) is 20.4 Å². The summed E-state index contributed by atoms with van der Waals surface area (Å²) in [6.07, 6.45) is 0. The van der Waals surface area contributed by atoms with Crippen LogP contribution in [0.1, 0.15) is 31.3 Å². The largest absolute Gasteiger partial charge is 0.454 e. The monoisotopic (exact) mass is 438 g/mol. The van der Waals surface area contributed by atoms with Crippen LogP contribution in [0.4, 0.5) is 4.39 Å². The Bertz CT molecular complexity index is 1190. The molecule has 0 spiro atoms. The van der Waals surface area contributed by atoms with Crippen LogP contribution >= 0.6 is 12.2 Å². The molecule has 0 radical (unpaired) electrons. The second-order valence-electron chi connectivity index (χ2n) is 7.17. The van der Waals surface area contributed by atoms with Gasteiger partial charge in [0.25, 0.3) is 5.89 Å². The first-order valence-corrected chi connectivity index (χ1v) is 10.2. The number of ether oxygens (including phenoxy) is 2. The molecule has 31 heavy (non-hydrogen) atoms. The molecule has 158 valence electrons. The molecule has 7 nitrogen and oxygen atoms in total. The van der Waals surface area contributed by atoms with Gasteiger partial charge in [-0.25, -0.2) is 4.39 Å². The number of hydrogen-bond acceptors (Lipinski definition) is 6. The Morgan fingerprint density at radius 3 is 2.71 bits per heavy atom. The van der Waals surface area contributed by atoms with Crippen LogP contribution in [0.3, 0.4) is 0 Å². The smallest absolute Gasteiger partial charge is 0.258 e. The van der Waals surface area contributed by atoms with Gasteiger partial charge in [-0.3, -0.25) is 0 Å². The molecule has 1 atom stereocenters. The van der Waals surface area contributed by atoms with Crippen LogP contribution in [-0.2, 0) is 0 Å². The third-order valence-electron chi connectivity index (χ3n) is 5.40. The maximum Gasteiger partial charge on any atom is 0.258 e. The molecule has 5 rings (SSSR count). The Balaban J connectivity index is 1.58. The van der Waals surface area contributed by atoms with E-state index in [1.54, 1.807) is 12.1 Å². The number of hydrogen-bond donors (Lipinski definition) is 1. The topological polar surface area (TPSA) is 72.7 Å². The zero-order valence-electron chi connectivity index (χ0n) is 16.9. The fourth-order valence-electron chi connectivity index (χ4n) is 3.83. The predicted molar refractivity (Wildman–Crippen MR) is 116 cm³/mol. The molecular weight excluding hydrogens is 419 g/mol. The molecule has 1 N–H and O–H groups in total. The van der Waals surface area contributed by atoms with Crippen LogP contribution in [0.2, 0.25) is 0 Å². The van der Waals surface area contributed by atoms with Gasteiger partial charge in [0.2, 0.25) is 12.6 Å². The lowest BCUT2D eigenvalue weighted by atomic mass is 9.95. The van der Waals surface area contributed by atoms with E-state index in [1.165, 1.54) is 12.1 Å². The number of fused-ring (bicyclic) bond motifs is 1. The summed E-state index contributed by atoms with van der Waals surface area (Å²) in [5, 5.41) is 8.10. The first-order chi connectivity index (χ1) is 15.0. The van der Waals surface area contributed by atoms with E-state index < -0.39 is 0 Å². The molecule has 3 heterocycles. The molecule has 1 unspecified atom stereocenters. The van der Waals surface area contributed by atoms with Gasteiger partial charge in [-0.05, 0) is 62.0 Å². The molecule has 2 aliphatic rings. The number of halogens is 1. The van der Waals surface area contributed by atoms with E-state index in [0.717, 1.165) is 22.4 Å². The summed E-state index contributed by atoms with van der Waals surface area (Å²) in [4.78, 5) is 6.62. The van der Waals surface area contributed by atoms with Gasteiger partial charge in [0.15, 0.2) is 16.6 Å². The fourth-order valence-corrected chi connectivity index (χ4v) is 4.21. The van der Waals surface area contributed by atoms with E-state index in [0.29, 0.717) is 34.9 Å². The van der Waals surface area contributed by atoms with Crippen molar-refractivity contribution in [3.63, 3.8) is 0 Å². The van der Waals surface area contributed by atoms with E-state index in [2.05, 4.69) is 15.5 Å². The van der Waals surface area contributed by atoms with Crippen molar-refractivity contribution < 1.29 is 18.4 Å². The normalized spacial score (nSPS) is 17.8. The van der Waals surface area contributed by atoms with Crippen molar-refractivity contribution in [2.24, 2.45) is 0 Å². The number of nitrogens with one attached hydrogen (secondary N) is 1. The second kappa shape index (κ2) is 7.66. The SMILES string of the molecule is CCN1C(=S)NC(c2ccc(F)cc2)C(c2nc(-c3ccc4c(c3)OCO4)no2)=C1C. The van der Waals surface area contributed by atoms with Gasteiger partial charge in [0, 0.05) is 17.8 Å². The summed E-state index contributed by atoms with van der Waals surface area (Å²) >= 11 is 5.55. The average Bonchev–Trinajstić information content (AvgIpc) is 3.43. The van der Waals surface area contributed by atoms with Crippen molar-refractivity contribution in [3.05, 3.63) is 65.4 Å². The van der Waals surface area contributed by atoms with Gasteiger partial charge in [-0.15, -0.1) is 0 Å². The summed E-state index contributed by atoms with van der Waals surface area (Å²) in [6, 6.07) is 11.4. The maximum atomic E-state index is 13.5. The van der Waals surface area contributed by atoms with E-state index in [4.69, 9.17) is 26.2 Å². The Morgan fingerprint density at radius 1 is 1.16 bits per heavy atom. The summed E-state index contributed by atoms with van der Waals surface area (Å²) in [6.45, 7) is 4.85. The molecule has 0 aliphatic carbocycles. The zero-order chi connectivity index (χ0) is 21.5. The Hall–Kier alpha value is -3.46. The highest BCUT2D eigenvalue weighted by Crippen LogP contribution is 2.39. The number of rotatable bonds is 4. The molecule has 0 amide bonds. The van der Waals surface area contributed by atoms with E-state index in [1.807, 2.05) is 36.9 Å². The second-order valence-corrected chi connectivity index (χ2v) is 7.56. The molecule has 9 heteroatoms. The predicted octanol–water partition coefficient (Wildman–Crippen LogP) is 4.29. The highest BCUT2D eigenvalue weighted by molar-refractivity contribution is 7.80. The van der Waals surface area contributed by atoms with Crippen LogP contribution in [0, 0.1) is 5.82 Å². The lowest BCUT2D eigenvalue weighted by Crippen LogP contribution is -2.45. The minimum Gasteiger partial charge on any atom is -0.454 e. The van der Waals surface area contributed by atoms with Crippen LogP contribution in [-0.4, -0.2) is 33.5 Å². The van der Waals surface area contributed by atoms with E-state index in [-0.39, 0.29) is 18.7 Å². The lowest BCUT2D eigenvalue weighted by Gasteiger charge is -2.36. The van der Waals surface area contributed by atoms with Gasteiger partial charge in [-0.1, -0.05) is 17.3 Å². The third-order valence-corrected chi connectivity index (χ3v) is 5.74. The average molecular weight is 438 g/mol. The van der Waals surface area contributed by atoms with Crippen molar-refractivity contribution in [2.45, 2.75) is 19.9 Å². The van der Waals surface area contributed by atoms with Crippen LogP contribution in [0.25, 0.3) is 17.0 Å². The van der Waals surface area contributed by atoms with Crippen LogP contribution < -0.4 is 14.8 Å². The molecule has 2 aromatic carbocycles. The molecule has 0 bridgehead atoms. The third kappa shape index (κ3) is 3.40. The highest BCUT2D eigenvalue weighted by atomic mass is 32.1. The fraction of sp³-hybridized carbons (Fsp3) is 0.227. The summed E-state index contributed by atoms with van der Waals surface area (Å²) in [7, 11) is 0. The summed E-state index contributed by atoms with van der Waals surface area (Å²) in [5.74, 6) is 1.83. The Labute approximate surface area is 183 Å². The van der Waals surface area contributed by atoms with Gasteiger partial charge in [-0.2, -0.15) is 4.98 Å². The van der Waals surface area contributed by atoms with Crippen LogP contribution in [0.15, 0.2) is 52.7 Å². The molecular formula is C22H19FN4O3S. The zero-order valence-corrected chi connectivity index (χ0v) is 17.7. The quantitative estimate of drug-likeness (QED) is 0.605. The van der Waals surface area contributed by atoms with Gasteiger partial charge in [0.1, 0.15) is 5.82 Å². The number of allylic oxidation sites excluding steroid dienone is 1. The number of benzene rings is 2.